The molecule has 0 aliphatic heterocycles. The molecule has 5 nitrogen and oxygen atoms in total. The average molecular weight is 373 g/mol. The van der Waals surface area contributed by atoms with Gasteiger partial charge >= 0.3 is 0 Å². The Kier molecular flexibility index (Phi) is 6.81. The molecular formula is C20H21ClN2O3. The van der Waals surface area contributed by atoms with Gasteiger partial charge in [0, 0.05) is 11.1 Å². The van der Waals surface area contributed by atoms with E-state index in [4.69, 9.17) is 16.3 Å². The zero-order chi connectivity index (χ0) is 19.1. The van der Waals surface area contributed by atoms with Gasteiger partial charge in [0.05, 0.1) is 0 Å². The van der Waals surface area contributed by atoms with Crippen molar-refractivity contribution < 1.29 is 14.3 Å². The largest absolute Gasteiger partial charge is 0.481 e. The van der Waals surface area contributed by atoms with Crippen LogP contribution in [0, 0.1) is 13.8 Å². The van der Waals surface area contributed by atoms with Crippen LogP contribution in [0.4, 0.5) is 0 Å². The molecule has 0 aromatic heterocycles. The van der Waals surface area contributed by atoms with Crippen LogP contribution in [-0.4, -0.2) is 17.9 Å². The lowest BCUT2D eigenvalue weighted by Crippen LogP contribution is -2.46. The van der Waals surface area contributed by atoms with E-state index in [0.717, 1.165) is 11.1 Å². The normalized spacial score (nSPS) is 11.8. The van der Waals surface area contributed by atoms with Gasteiger partial charge < -0.3 is 4.74 Å². The fourth-order valence-corrected chi connectivity index (χ4v) is 2.34. The lowest BCUT2D eigenvalue weighted by atomic mass is 10.1. The standard InChI is InChI=1S/C20H21ClN2O3/c1-13-7-6-10-18(14(13)2)26-15(3)20(25)23-22-19(24)12-11-16-8-4-5-9-17(16)21/h4-12,15H,1-3H3,(H,22,24)(H,23,25)/b12-11+/t15-/m1/s1. The van der Waals surface area contributed by atoms with Gasteiger partial charge in [0.25, 0.3) is 11.8 Å². The van der Waals surface area contributed by atoms with Crippen molar-refractivity contribution in [1.82, 2.24) is 10.9 Å². The number of ether oxygens (including phenoxy) is 1. The van der Waals surface area contributed by atoms with E-state index < -0.39 is 17.9 Å². The van der Waals surface area contributed by atoms with Gasteiger partial charge in [0.1, 0.15) is 5.75 Å². The van der Waals surface area contributed by atoms with Gasteiger partial charge in [0.2, 0.25) is 0 Å². The lowest BCUT2D eigenvalue weighted by Gasteiger charge is -2.17. The summed E-state index contributed by atoms with van der Waals surface area (Å²) in [6.45, 7) is 5.51. The van der Waals surface area contributed by atoms with E-state index in [-0.39, 0.29) is 0 Å². The molecule has 0 bridgehead atoms. The molecule has 26 heavy (non-hydrogen) atoms. The van der Waals surface area contributed by atoms with E-state index in [1.807, 2.05) is 32.0 Å². The number of halogens is 1. The number of hydrogen-bond donors (Lipinski definition) is 2. The summed E-state index contributed by atoms with van der Waals surface area (Å²) in [5.74, 6) is -0.291. The summed E-state index contributed by atoms with van der Waals surface area (Å²) < 4.78 is 5.67. The first-order valence-corrected chi connectivity index (χ1v) is 8.51. The minimum atomic E-state index is -0.761. The first-order chi connectivity index (χ1) is 12.4. The Morgan fingerprint density at radius 1 is 1.08 bits per heavy atom. The van der Waals surface area contributed by atoms with Crippen LogP contribution in [-0.2, 0) is 9.59 Å². The fourth-order valence-electron chi connectivity index (χ4n) is 2.14. The number of amides is 2. The molecule has 2 aromatic rings. The molecule has 0 saturated carbocycles. The van der Waals surface area contributed by atoms with Gasteiger partial charge in [-0.05, 0) is 55.7 Å². The first-order valence-electron chi connectivity index (χ1n) is 8.14. The molecular weight excluding hydrogens is 352 g/mol. The van der Waals surface area contributed by atoms with Gasteiger partial charge in [-0.15, -0.1) is 0 Å². The highest BCUT2D eigenvalue weighted by atomic mass is 35.5. The minimum Gasteiger partial charge on any atom is -0.481 e. The monoisotopic (exact) mass is 372 g/mol. The first kappa shape index (κ1) is 19.5. The van der Waals surface area contributed by atoms with Crippen LogP contribution in [0.1, 0.15) is 23.6 Å². The maximum Gasteiger partial charge on any atom is 0.279 e. The Morgan fingerprint density at radius 3 is 2.54 bits per heavy atom. The second kappa shape index (κ2) is 9.06. The number of nitrogens with one attached hydrogen (secondary N) is 2. The van der Waals surface area contributed by atoms with Crippen LogP contribution in [0.3, 0.4) is 0 Å². The van der Waals surface area contributed by atoms with E-state index in [1.165, 1.54) is 6.08 Å². The van der Waals surface area contributed by atoms with Crippen LogP contribution in [0.2, 0.25) is 5.02 Å². The maximum absolute atomic E-state index is 12.1. The zero-order valence-corrected chi connectivity index (χ0v) is 15.6. The Hall–Kier alpha value is -2.79. The van der Waals surface area contributed by atoms with E-state index >= 15 is 0 Å². The molecule has 0 aliphatic carbocycles. The molecule has 1 atom stereocenters. The summed E-state index contributed by atoms with van der Waals surface area (Å²) in [7, 11) is 0. The van der Waals surface area contributed by atoms with Crippen LogP contribution in [0.5, 0.6) is 5.75 Å². The summed E-state index contributed by atoms with van der Waals surface area (Å²) in [6, 6.07) is 12.8. The highest BCUT2D eigenvalue weighted by Gasteiger charge is 2.16. The number of hydrogen-bond acceptors (Lipinski definition) is 3. The van der Waals surface area contributed by atoms with Crippen LogP contribution >= 0.6 is 11.6 Å². The minimum absolute atomic E-state index is 0.453. The number of carbonyl (C=O) groups is 2. The van der Waals surface area contributed by atoms with Crippen LogP contribution in [0.25, 0.3) is 6.08 Å². The quantitative estimate of drug-likeness (QED) is 0.622. The van der Waals surface area contributed by atoms with E-state index in [2.05, 4.69) is 10.9 Å². The predicted molar refractivity (Wildman–Crippen MR) is 103 cm³/mol. The summed E-state index contributed by atoms with van der Waals surface area (Å²) in [4.78, 5) is 23.9. The number of hydrazine groups is 1. The SMILES string of the molecule is Cc1cccc(O[C@H](C)C(=O)NNC(=O)/C=C/c2ccccc2Cl)c1C. The number of aryl methyl sites for hydroxylation is 1. The molecule has 2 rings (SSSR count). The summed E-state index contributed by atoms with van der Waals surface area (Å²) in [5, 5.41) is 0.538. The molecule has 0 unspecified atom stereocenters. The van der Waals surface area contributed by atoms with Gasteiger partial charge in [-0.2, -0.15) is 0 Å². The second-order valence-electron chi connectivity index (χ2n) is 5.79. The van der Waals surface area contributed by atoms with Crippen molar-refractivity contribution in [2.75, 3.05) is 0 Å². The molecule has 2 amide bonds. The van der Waals surface area contributed by atoms with Crippen LogP contribution in [0.15, 0.2) is 48.5 Å². The van der Waals surface area contributed by atoms with Crippen molar-refractivity contribution in [3.63, 3.8) is 0 Å². The van der Waals surface area contributed by atoms with Crippen molar-refractivity contribution in [3.8, 4) is 5.75 Å². The Bertz CT molecular complexity index is 834. The molecule has 0 spiro atoms. The average Bonchev–Trinajstić information content (AvgIpc) is 2.62. The topological polar surface area (TPSA) is 67.4 Å². The van der Waals surface area contributed by atoms with E-state index in [9.17, 15) is 9.59 Å². The van der Waals surface area contributed by atoms with Crippen molar-refractivity contribution in [3.05, 3.63) is 70.3 Å². The number of rotatable bonds is 5. The number of benzene rings is 2. The molecule has 6 heteroatoms. The Morgan fingerprint density at radius 2 is 1.81 bits per heavy atom. The third-order valence-electron chi connectivity index (χ3n) is 3.86. The van der Waals surface area contributed by atoms with Crippen LogP contribution < -0.4 is 15.6 Å². The van der Waals surface area contributed by atoms with E-state index in [1.54, 1.807) is 37.3 Å². The molecule has 0 radical (unpaired) electrons. The smallest absolute Gasteiger partial charge is 0.279 e. The Labute approximate surface area is 158 Å². The van der Waals surface area contributed by atoms with Crippen molar-refractivity contribution >= 4 is 29.5 Å². The van der Waals surface area contributed by atoms with Gasteiger partial charge in [-0.1, -0.05) is 41.9 Å². The number of carbonyl (C=O) groups excluding carboxylic acids is 2. The van der Waals surface area contributed by atoms with Gasteiger partial charge in [-0.25, -0.2) is 0 Å². The molecule has 0 aliphatic rings. The molecule has 0 fully saturated rings. The van der Waals surface area contributed by atoms with Crippen molar-refractivity contribution in [1.29, 1.82) is 0 Å². The van der Waals surface area contributed by atoms with E-state index in [0.29, 0.717) is 16.3 Å². The maximum atomic E-state index is 12.1. The fraction of sp³-hybridized carbons (Fsp3) is 0.200. The Balaban J connectivity index is 1.86. The third kappa shape index (κ3) is 5.36. The van der Waals surface area contributed by atoms with Gasteiger partial charge in [-0.3, -0.25) is 20.4 Å². The predicted octanol–water partition coefficient (Wildman–Crippen LogP) is 3.58. The molecule has 0 heterocycles. The highest BCUT2D eigenvalue weighted by molar-refractivity contribution is 6.32. The van der Waals surface area contributed by atoms with Crippen molar-refractivity contribution in [2.24, 2.45) is 0 Å². The lowest BCUT2D eigenvalue weighted by molar-refractivity contribution is -0.131. The zero-order valence-electron chi connectivity index (χ0n) is 14.9. The van der Waals surface area contributed by atoms with Crippen molar-refractivity contribution in [2.45, 2.75) is 26.9 Å². The molecule has 2 N–H and O–H groups in total. The summed E-state index contributed by atoms with van der Waals surface area (Å²) in [6.07, 6.45) is 2.10. The summed E-state index contributed by atoms with van der Waals surface area (Å²) >= 11 is 6.01. The molecule has 0 saturated heterocycles. The third-order valence-corrected chi connectivity index (χ3v) is 4.20. The van der Waals surface area contributed by atoms with Gasteiger partial charge in [0.15, 0.2) is 6.10 Å². The molecule has 2 aromatic carbocycles. The summed E-state index contributed by atoms with van der Waals surface area (Å²) in [5.41, 5.74) is 7.41. The molecule has 136 valence electrons. The second-order valence-corrected chi connectivity index (χ2v) is 6.20. The highest BCUT2D eigenvalue weighted by Crippen LogP contribution is 2.21.